The van der Waals surface area contributed by atoms with Crippen molar-refractivity contribution in [2.45, 2.75) is 41.4 Å². The number of aromatic nitrogens is 2. The number of alkyl halides is 3. The molecule has 0 unspecified atom stereocenters. The number of nitrogens with zero attached hydrogens (tertiary/aromatic N) is 3. The second-order valence-corrected chi connectivity index (χ2v) is 11.8. The van der Waals surface area contributed by atoms with Crippen LogP contribution >= 0.6 is 11.8 Å². The lowest BCUT2D eigenvalue weighted by Gasteiger charge is -2.19. The summed E-state index contributed by atoms with van der Waals surface area (Å²) in [5.41, 5.74) is 18.4. The molecule has 0 aliphatic heterocycles. The Morgan fingerprint density at radius 1 is 0.894 bits per heavy atom. The molecule has 2 amide bonds. The Morgan fingerprint density at radius 3 is 2.36 bits per heavy atom. The summed E-state index contributed by atoms with van der Waals surface area (Å²) in [7, 11) is 0. The van der Waals surface area contributed by atoms with E-state index in [0.29, 0.717) is 41.8 Å². The third-order valence-electron chi connectivity index (χ3n) is 7.30. The van der Waals surface area contributed by atoms with Gasteiger partial charge in [-0.2, -0.15) is 13.2 Å². The molecule has 4 aromatic carbocycles. The second-order valence-electron chi connectivity index (χ2n) is 10.7. The molecular weight excluding hydrogens is 627 g/mol. The van der Waals surface area contributed by atoms with Crippen LogP contribution in [0.5, 0.6) is 0 Å². The molecule has 7 N–H and O–H groups in total. The maximum absolute atomic E-state index is 13.1. The summed E-state index contributed by atoms with van der Waals surface area (Å²) in [5, 5.41) is 2.68. The molecule has 0 aliphatic carbocycles. The van der Waals surface area contributed by atoms with Crippen molar-refractivity contribution in [3.8, 4) is 11.4 Å². The van der Waals surface area contributed by atoms with Crippen LogP contribution in [0.3, 0.4) is 0 Å². The Morgan fingerprint density at radius 2 is 1.64 bits per heavy atom. The Balaban J connectivity index is 1.49. The minimum Gasteiger partial charge on any atom is -0.370 e. The largest absolute Gasteiger partial charge is 0.416 e. The molecule has 0 saturated heterocycles. The van der Waals surface area contributed by atoms with Gasteiger partial charge in [0.2, 0.25) is 5.91 Å². The van der Waals surface area contributed by atoms with Crippen molar-refractivity contribution in [1.29, 1.82) is 0 Å². The summed E-state index contributed by atoms with van der Waals surface area (Å²) >= 11 is 1.57. The molecule has 47 heavy (non-hydrogen) atoms. The molecule has 5 aromatic rings. The molecule has 0 aliphatic rings. The van der Waals surface area contributed by atoms with Crippen molar-refractivity contribution in [1.82, 2.24) is 14.9 Å². The quantitative estimate of drug-likeness (QED) is 0.0745. The van der Waals surface area contributed by atoms with Crippen LogP contribution in [0.15, 0.2) is 112 Å². The first-order chi connectivity index (χ1) is 22.5. The van der Waals surface area contributed by atoms with Gasteiger partial charge in [-0.15, -0.1) is 0 Å². The summed E-state index contributed by atoms with van der Waals surface area (Å²) in [4.78, 5) is 36.9. The highest BCUT2D eigenvalue weighted by Gasteiger charge is 2.30. The number of imidazole rings is 1. The second kappa shape index (κ2) is 14.4. The third kappa shape index (κ3) is 8.30. The highest BCUT2D eigenvalue weighted by Crippen LogP contribution is 2.35. The number of nitrogens with two attached hydrogens (primary N) is 3. The van der Waals surface area contributed by atoms with Crippen LogP contribution in [0.25, 0.3) is 22.4 Å². The van der Waals surface area contributed by atoms with Crippen molar-refractivity contribution in [2.24, 2.45) is 22.2 Å². The zero-order valence-corrected chi connectivity index (χ0v) is 25.9. The molecule has 1 atom stereocenters. The standard InChI is InChI=1S/C34H32F3N7O2S/c35-34(36,37)24-9-4-7-21(17-24)20-42-32(46)23-14-15-28-27(19-23)43-31(44(28)29(30(38)45)13-6-16-41-33(39)40)22-8-5-12-26(18-22)47-25-10-2-1-3-11-25/h1-5,7-12,14-15,17-19,29H,6,13,16,20H2,(H2,38,45)(H,42,46)(H4,39,40,41)/t29-/m1/s1. The number of guanidine groups is 1. The average molecular weight is 660 g/mol. The van der Waals surface area contributed by atoms with E-state index < -0.39 is 29.6 Å². The summed E-state index contributed by atoms with van der Waals surface area (Å²) in [6, 6.07) is 26.4. The van der Waals surface area contributed by atoms with Gasteiger partial charge in [-0.1, -0.05) is 54.2 Å². The van der Waals surface area contributed by atoms with E-state index in [0.717, 1.165) is 27.5 Å². The SMILES string of the molecule is NC(=O)[C@@H](CCCN=C(N)N)n1c(-c2cccc(Sc3ccccc3)c2)nc2cc(C(=O)NCc3cccc(C(F)(F)F)c3)ccc21. The predicted octanol–water partition coefficient (Wildman–Crippen LogP) is 5.88. The molecule has 0 saturated carbocycles. The Bertz CT molecular complexity index is 1920. The van der Waals surface area contributed by atoms with E-state index in [2.05, 4.69) is 10.3 Å². The number of nitrogens with one attached hydrogen (secondary N) is 1. The van der Waals surface area contributed by atoms with Gasteiger partial charge in [0.1, 0.15) is 11.9 Å². The van der Waals surface area contributed by atoms with E-state index in [-0.39, 0.29) is 18.1 Å². The topological polar surface area (TPSA) is 154 Å². The number of primary amides is 1. The van der Waals surface area contributed by atoms with Crippen molar-refractivity contribution in [3.05, 3.63) is 114 Å². The minimum atomic E-state index is -4.49. The number of carbonyl (C=O) groups excluding carboxylic acids is 2. The number of amides is 2. The monoisotopic (exact) mass is 659 g/mol. The number of hydrogen-bond donors (Lipinski definition) is 4. The number of hydrogen-bond acceptors (Lipinski definition) is 5. The van der Waals surface area contributed by atoms with E-state index in [9.17, 15) is 22.8 Å². The van der Waals surface area contributed by atoms with E-state index in [1.54, 1.807) is 34.5 Å². The predicted molar refractivity (Wildman–Crippen MR) is 176 cm³/mol. The fraction of sp³-hybridized carbons (Fsp3) is 0.176. The molecular formula is C34H32F3N7O2S. The minimum absolute atomic E-state index is 0.0546. The van der Waals surface area contributed by atoms with Crippen LogP contribution in [0, 0.1) is 0 Å². The van der Waals surface area contributed by atoms with Gasteiger partial charge in [0, 0.05) is 34.0 Å². The molecule has 5 rings (SSSR count). The van der Waals surface area contributed by atoms with Gasteiger partial charge in [0.25, 0.3) is 5.91 Å². The maximum Gasteiger partial charge on any atom is 0.416 e. The number of halogens is 3. The Hall–Kier alpha value is -5.30. The summed E-state index contributed by atoms with van der Waals surface area (Å²) in [6.45, 7) is 0.194. The first-order valence-electron chi connectivity index (χ1n) is 14.6. The lowest BCUT2D eigenvalue weighted by Crippen LogP contribution is -2.27. The maximum atomic E-state index is 13.1. The van der Waals surface area contributed by atoms with Gasteiger partial charge >= 0.3 is 6.18 Å². The summed E-state index contributed by atoms with van der Waals surface area (Å²) in [6.07, 6.45) is -3.71. The van der Waals surface area contributed by atoms with Gasteiger partial charge < -0.3 is 27.1 Å². The number of carbonyl (C=O) groups is 2. The number of rotatable bonds is 12. The average Bonchev–Trinajstić information content (AvgIpc) is 3.42. The van der Waals surface area contributed by atoms with E-state index >= 15 is 0 Å². The molecule has 1 aromatic heterocycles. The zero-order chi connectivity index (χ0) is 33.6. The van der Waals surface area contributed by atoms with E-state index in [4.69, 9.17) is 22.2 Å². The first-order valence-corrected chi connectivity index (χ1v) is 15.5. The number of fused-ring (bicyclic) bond motifs is 1. The van der Waals surface area contributed by atoms with Crippen LogP contribution in [-0.2, 0) is 17.5 Å². The molecule has 242 valence electrons. The Kier molecular flexibility index (Phi) is 10.1. The zero-order valence-electron chi connectivity index (χ0n) is 25.1. The normalized spacial score (nSPS) is 12.1. The van der Waals surface area contributed by atoms with Gasteiger partial charge in [0.15, 0.2) is 5.96 Å². The van der Waals surface area contributed by atoms with Gasteiger partial charge in [-0.25, -0.2) is 4.98 Å². The summed E-state index contributed by atoms with van der Waals surface area (Å²) in [5.74, 6) is -0.651. The van der Waals surface area contributed by atoms with Gasteiger partial charge in [-0.3, -0.25) is 14.6 Å². The molecule has 0 bridgehead atoms. The van der Waals surface area contributed by atoms with E-state index in [1.807, 2.05) is 54.6 Å². The van der Waals surface area contributed by atoms with Crippen molar-refractivity contribution < 1.29 is 22.8 Å². The van der Waals surface area contributed by atoms with Crippen LogP contribution in [0.4, 0.5) is 13.2 Å². The first kappa shape index (κ1) is 33.1. The molecule has 1 heterocycles. The fourth-order valence-corrected chi connectivity index (χ4v) is 6.01. The Labute approximate surface area is 273 Å². The molecule has 0 radical (unpaired) electrons. The van der Waals surface area contributed by atoms with Crippen LogP contribution < -0.4 is 22.5 Å². The fourth-order valence-electron chi connectivity index (χ4n) is 5.12. The van der Waals surface area contributed by atoms with Crippen LogP contribution in [-0.4, -0.2) is 33.9 Å². The van der Waals surface area contributed by atoms with Crippen molar-refractivity contribution in [2.75, 3.05) is 6.54 Å². The van der Waals surface area contributed by atoms with Crippen molar-refractivity contribution >= 4 is 40.6 Å². The third-order valence-corrected chi connectivity index (χ3v) is 8.30. The smallest absolute Gasteiger partial charge is 0.370 e. The van der Waals surface area contributed by atoms with Crippen LogP contribution in [0.2, 0.25) is 0 Å². The van der Waals surface area contributed by atoms with Gasteiger partial charge in [-0.05, 0) is 73.0 Å². The molecule has 13 heteroatoms. The van der Waals surface area contributed by atoms with E-state index in [1.165, 1.54) is 12.1 Å². The lowest BCUT2D eigenvalue weighted by atomic mass is 10.1. The number of benzene rings is 4. The highest BCUT2D eigenvalue weighted by atomic mass is 32.2. The molecule has 9 nitrogen and oxygen atoms in total. The highest BCUT2D eigenvalue weighted by molar-refractivity contribution is 7.99. The van der Waals surface area contributed by atoms with Gasteiger partial charge in [0.05, 0.1) is 16.6 Å². The molecule has 0 spiro atoms. The summed E-state index contributed by atoms with van der Waals surface area (Å²) < 4.78 is 41.2. The van der Waals surface area contributed by atoms with Crippen LogP contribution in [0.1, 0.15) is 40.4 Å². The lowest BCUT2D eigenvalue weighted by molar-refractivity contribution is -0.137. The molecule has 0 fully saturated rings. The van der Waals surface area contributed by atoms with Crippen molar-refractivity contribution in [3.63, 3.8) is 0 Å². The number of aliphatic imine (C=N–C) groups is 1.